The molecule has 0 saturated heterocycles. The number of rotatable bonds is 2. The maximum atomic E-state index is 12.0. The van der Waals surface area contributed by atoms with Crippen LogP contribution in [0.25, 0.3) is 0 Å². The molecule has 1 aromatic heterocycles. The van der Waals surface area contributed by atoms with E-state index in [0.29, 0.717) is 5.69 Å². The van der Waals surface area contributed by atoms with Gasteiger partial charge in [-0.3, -0.25) is 4.98 Å². The van der Waals surface area contributed by atoms with Crippen LogP contribution in [0.4, 0.5) is 13.2 Å². The van der Waals surface area contributed by atoms with E-state index >= 15 is 0 Å². The fourth-order valence-corrected chi connectivity index (χ4v) is 1.12. The second kappa shape index (κ2) is 3.96. The van der Waals surface area contributed by atoms with Gasteiger partial charge in [-0.15, -0.1) is 0 Å². The van der Waals surface area contributed by atoms with Gasteiger partial charge < -0.3 is 5.73 Å². The summed E-state index contributed by atoms with van der Waals surface area (Å²) in [5.41, 5.74) is 6.31. The Morgan fingerprint density at radius 2 is 2.07 bits per heavy atom. The second-order valence-electron chi connectivity index (χ2n) is 3.13. The molecule has 1 aromatic rings. The standard InChI is InChI=1S/C9H11F3N2/c1-6-3-2-4-8(14-6)7(13)5-9(10,11)12/h2-4,7H,5,13H2,1H3/t7-/m1/s1. The van der Waals surface area contributed by atoms with Crippen molar-refractivity contribution in [3.8, 4) is 0 Å². The number of hydrogen-bond acceptors (Lipinski definition) is 2. The molecule has 0 saturated carbocycles. The second-order valence-corrected chi connectivity index (χ2v) is 3.13. The minimum absolute atomic E-state index is 0.280. The van der Waals surface area contributed by atoms with Gasteiger partial charge in [0.05, 0.1) is 18.2 Å². The van der Waals surface area contributed by atoms with E-state index in [0.717, 1.165) is 0 Å². The van der Waals surface area contributed by atoms with Crippen LogP contribution in [-0.4, -0.2) is 11.2 Å². The van der Waals surface area contributed by atoms with Crippen LogP contribution >= 0.6 is 0 Å². The van der Waals surface area contributed by atoms with Gasteiger partial charge in [-0.25, -0.2) is 0 Å². The van der Waals surface area contributed by atoms with E-state index in [4.69, 9.17) is 5.73 Å². The van der Waals surface area contributed by atoms with E-state index in [2.05, 4.69) is 4.98 Å². The number of nitrogens with two attached hydrogens (primary N) is 1. The van der Waals surface area contributed by atoms with Crippen molar-refractivity contribution >= 4 is 0 Å². The third kappa shape index (κ3) is 3.33. The molecule has 2 nitrogen and oxygen atoms in total. The van der Waals surface area contributed by atoms with Gasteiger partial charge in [-0.05, 0) is 19.1 Å². The molecule has 1 rings (SSSR count). The summed E-state index contributed by atoms with van der Waals surface area (Å²) in [5.74, 6) is 0. The molecule has 1 heterocycles. The maximum absolute atomic E-state index is 12.0. The lowest BCUT2D eigenvalue weighted by molar-refractivity contribution is -0.138. The minimum atomic E-state index is -4.25. The van der Waals surface area contributed by atoms with Crippen molar-refractivity contribution in [3.63, 3.8) is 0 Å². The highest BCUT2D eigenvalue weighted by Gasteiger charge is 2.31. The third-order valence-corrected chi connectivity index (χ3v) is 1.74. The molecule has 0 aliphatic rings. The first-order valence-corrected chi connectivity index (χ1v) is 4.14. The fraction of sp³-hybridized carbons (Fsp3) is 0.444. The quantitative estimate of drug-likeness (QED) is 0.803. The Morgan fingerprint density at radius 1 is 1.43 bits per heavy atom. The molecule has 0 unspecified atom stereocenters. The Balaban J connectivity index is 2.74. The zero-order valence-electron chi connectivity index (χ0n) is 7.67. The molecule has 0 spiro atoms. The van der Waals surface area contributed by atoms with Crippen molar-refractivity contribution in [2.24, 2.45) is 5.73 Å². The summed E-state index contributed by atoms with van der Waals surface area (Å²) in [7, 11) is 0. The summed E-state index contributed by atoms with van der Waals surface area (Å²) in [6.07, 6.45) is -5.28. The molecule has 0 bridgehead atoms. The zero-order chi connectivity index (χ0) is 10.8. The summed E-state index contributed by atoms with van der Waals surface area (Å²) in [6, 6.07) is 3.79. The van der Waals surface area contributed by atoms with Crippen LogP contribution in [0.15, 0.2) is 18.2 Å². The smallest absolute Gasteiger partial charge is 0.322 e. The highest BCUT2D eigenvalue weighted by atomic mass is 19.4. The Bertz CT molecular complexity index is 309. The number of alkyl halides is 3. The van der Waals surface area contributed by atoms with Crippen LogP contribution in [0.1, 0.15) is 23.9 Å². The number of aryl methyl sites for hydroxylation is 1. The van der Waals surface area contributed by atoms with Crippen LogP contribution in [0, 0.1) is 6.92 Å². The van der Waals surface area contributed by atoms with Gasteiger partial charge in [0.2, 0.25) is 0 Å². The molecule has 0 fully saturated rings. The number of aromatic nitrogens is 1. The van der Waals surface area contributed by atoms with E-state index in [1.165, 1.54) is 6.07 Å². The molecule has 0 aliphatic heterocycles. The van der Waals surface area contributed by atoms with Crippen LogP contribution in [0.2, 0.25) is 0 Å². The molecule has 0 aliphatic carbocycles. The average Bonchev–Trinajstić information content (AvgIpc) is 2.01. The molecule has 2 N–H and O–H groups in total. The van der Waals surface area contributed by atoms with Crippen LogP contribution in [0.5, 0.6) is 0 Å². The fourth-order valence-electron chi connectivity index (χ4n) is 1.12. The van der Waals surface area contributed by atoms with Crippen molar-refractivity contribution in [3.05, 3.63) is 29.6 Å². The molecule has 0 amide bonds. The summed E-state index contributed by atoms with van der Waals surface area (Å²) in [5, 5.41) is 0. The SMILES string of the molecule is Cc1cccc([C@H](N)CC(F)(F)F)n1. The molecular formula is C9H11F3N2. The van der Waals surface area contributed by atoms with Gasteiger partial charge >= 0.3 is 6.18 Å². The maximum Gasteiger partial charge on any atom is 0.390 e. The lowest BCUT2D eigenvalue weighted by Crippen LogP contribution is -2.21. The summed E-state index contributed by atoms with van der Waals surface area (Å²) < 4.78 is 36.0. The largest absolute Gasteiger partial charge is 0.390 e. The first kappa shape index (κ1) is 11.0. The summed E-state index contributed by atoms with van der Waals surface area (Å²) >= 11 is 0. The van der Waals surface area contributed by atoms with E-state index in [9.17, 15) is 13.2 Å². The van der Waals surface area contributed by atoms with Crippen molar-refractivity contribution in [2.75, 3.05) is 0 Å². The monoisotopic (exact) mass is 204 g/mol. The highest BCUT2D eigenvalue weighted by molar-refractivity contribution is 5.13. The molecule has 5 heteroatoms. The first-order chi connectivity index (χ1) is 6.38. The molecule has 1 atom stereocenters. The van der Waals surface area contributed by atoms with E-state index < -0.39 is 18.6 Å². The molecule has 14 heavy (non-hydrogen) atoms. The van der Waals surface area contributed by atoms with E-state index in [1.807, 2.05) is 0 Å². The van der Waals surface area contributed by atoms with Crippen LogP contribution in [-0.2, 0) is 0 Å². The Hall–Kier alpha value is -1.10. The molecular weight excluding hydrogens is 193 g/mol. The number of nitrogens with zero attached hydrogens (tertiary/aromatic N) is 1. The van der Waals surface area contributed by atoms with Gasteiger partial charge in [0, 0.05) is 5.69 Å². The normalized spacial score (nSPS) is 14.1. The van der Waals surface area contributed by atoms with Crippen molar-refractivity contribution in [2.45, 2.75) is 25.6 Å². The van der Waals surface area contributed by atoms with Crippen molar-refractivity contribution < 1.29 is 13.2 Å². The van der Waals surface area contributed by atoms with Crippen LogP contribution < -0.4 is 5.73 Å². The average molecular weight is 204 g/mol. The Kier molecular flexibility index (Phi) is 3.10. The summed E-state index contributed by atoms with van der Waals surface area (Å²) in [4.78, 5) is 3.93. The number of pyridine rings is 1. The van der Waals surface area contributed by atoms with Gasteiger partial charge in [0.25, 0.3) is 0 Å². The van der Waals surface area contributed by atoms with Gasteiger partial charge in [0.15, 0.2) is 0 Å². The first-order valence-electron chi connectivity index (χ1n) is 4.14. The predicted octanol–water partition coefficient (Wildman–Crippen LogP) is 2.34. The van der Waals surface area contributed by atoms with Crippen molar-refractivity contribution in [1.29, 1.82) is 0 Å². The number of hydrogen-bond donors (Lipinski definition) is 1. The van der Waals surface area contributed by atoms with E-state index in [-0.39, 0.29) is 5.69 Å². The third-order valence-electron chi connectivity index (χ3n) is 1.74. The van der Waals surface area contributed by atoms with E-state index in [1.54, 1.807) is 19.1 Å². The van der Waals surface area contributed by atoms with Gasteiger partial charge in [0.1, 0.15) is 0 Å². The minimum Gasteiger partial charge on any atom is -0.322 e. The molecule has 0 aromatic carbocycles. The molecule has 0 radical (unpaired) electrons. The number of halogens is 3. The zero-order valence-corrected chi connectivity index (χ0v) is 7.67. The molecule has 78 valence electrons. The van der Waals surface area contributed by atoms with Gasteiger partial charge in [-0.2, -0.15) is 13.2 Å². The van der Waals surface area contributed by atoms with Crippen molar-refractivity contribution in [1.82, 2.24) is 4.98 Å². The highest BCUT2D eigenvalue weighted by Crippen LogP contribution is 2.26. The van der Waals surface area contributed by atoms with Gasteiger partial charge in [-0.1, -0.05) is 6.07 Å². The lowest BCUT2D eigenvalue weighted by Gasteiger charge is -2.13. The predicted molar refractivity (Wildman–Crippen MR) is 46.6 cm³/mol. The lowest BCUT2D eigenvalue weighted by atomic mass is 10.1. The Labute approximate surface area is 79.9 Å². The van der Waals surface area contributed by atoms with Crippen LogP contribution in [0.3, 0.4) is 0 Å². The Morgan fingerprint density at radius 3 is 2.57 bits per heavy atom. The summed E-state index contributed by atoms with van der Waals surface area (Å²) in [6.45, 7) is 1.71. The topological polar surface area (TPSA) is 38.9 Å².